The molecule has 1 aliphatic heterocycles. The minimum absolute atomic E-state index is 0.270. The maximum atomic E-state index is 5.43. The number of hydrogen-bond donors (Lipinski definition) is 1. The van der Waals surface area contributed by atoms with Crippen LogP contribution in [0, 0.1) is 0 Å². The molecule has 0 aromatic rings. The Hall–Kier alpha value is -0.390. The highest BCUT2D eigenvalue weighted by Gasteiger charge is 2.24. The molecule has 0 amide bonds. The average molecular weight is 259 g/mol. The predicted molar refractivity (Wildman–Crippen MR) is 75.4 cm³/mol. The number of hydrogen-bond acceptors (Lipinski definition) is 3. The molecule has 0 radical (unpaired) electrons. The Labute approximate surface area is 110 Å². The van der Waals surface area contributed by atoms with Gasteiger partial charge in [0.25, 0.3) is 0 Å². The molecule has 0 saturated carbocycles. The maximum absolute atomic E-state index is 5.43. The summed E-state index contributed by atoms with van der Waals surface area (Å²) >= 11 is 5.43. The van der Waals surface area contributed by atoms with Crippen molar-refractivity contribution in [1.82, 2.24) is 15.1 Å². The van der Waals surface area contributed by atoms with Gasteiger partial charge >= 0.3 is 0 Å². The Morgan fingerprint density at radius 1 is 1.53 bits per heavy atom. The van der Waals surface area contributed by atoms with Gasteiger partial charge in [-0.1, -0.05) is 6.92 Å². The second-order valence-electron chi connectivity index (χ2n) is 4.73. The second-order valence-corrected chi connectivity index (χ2v) is 5.12. The lowest BCUT2D eigenvalue weighted by Gasteiger charge is -2.40. The molecule has 4 nitrogen and oxygen atoms in total. The third-order valence-corrected chi connectivity index (χ3v) is 3.62. The minimum Gasteiger partial charge on any atom is -0.383 e. The molecule has 2 atom stereocenters. The number of piperazine rings is 1. The van der Waals surface area contributed by atoms with Gasteiger partial charge in [0.15, 0.2) is 5.11 Å². The van der Waals surface area contributed by atoms with Crippen LogP contribution < -0.4 is 5.32 Å². The molecule has 0 bridgehead atoms. The van der Waals surface area contributed by atoms with Crippen molar-refractivity contribution in [2.24, 2.45) is 0 Å². The first-order chi connectivity index (χ1) is 8.08. The highest BCUT2D eigenvalue weighted by Crippen LogP contribution is 2.09. The average Bonchev–Trinajstić information content (AvgIpc) is 2.29. The summed E-state index contributed by atoms with van der Waals surface area (Å²) in [5.74, 6) is 0. The highest BCUT2D eigenvalue weighted by atomic mass is 32.1. The fourth-order valence-corrected chi connectivity index (χ4v) is 2.61. The number of ether oxygens (including phenoxy) is 1. The zero-order valence-corrected chi connectivity index (χ0v) is 12.2. The lowest BCUT2D eigenvalue weighted by molar-refractivity contribution is 0.126. The van der Waals surface area contributed by atoms with Crippen LogP contribution in [0.25, 0.3) is 0 Å². The van der Waals surface area contributed by atoms with E-state index in [9.17, 15) is 0 Å². The third kappa shape index (κ3) is 4.41. The van der Waals surface area contributed by atoms with Crippen LogP contribution in [0.15, 0.2) is 0 Å². The van der Waals surface area contributed by atoms with Crippen LogP contribution in [0.5, 0.6) is 0 Å². The van der Waals surface area contributed by atoms with Crippen LogP contribution in [0.4, 0.5) is 0 Å². The van der Waals surface area contributed by atoms with Crippen LogP contribution in [-0.4, -0.2) is 66.9 Å². The van der Waals surface area contributed by atoms with Crippen molar-refractivity contribution in [1.29, 1.82) is 0 Å². The lowest BCUT2D eigenvalue weighted by atomic mass is 10.2. The first-order valence-electron chi connectivity index (χ1n) is 6.36. The van der Waals surface area contributed by atoms with E-state index in [-0.39, 0.29) is 6.04 Å². The van der Waals surface area contributed by atoms with Gasteiger partial charge in [0.2, 0.25) is 0 Å². The van der Waals surface area contributed by atoms with Crippen molar-refractivity contribution < 1.29 is 4.74 Å². The fraction of sp³-hybridized carbons (Fsp3) is 0.917. The van der Waals surface area contributed by atoms with Crippen LogP contribution in [0.2, 0.25) is 0 Å². The van der Waals surface area contributed by atoms with E-state index in [0.717, 1.165) is 31.3 Å². The zero-order chi connectivity index (χ0) is 12.8. The molecule has 1 heterocycles. The topological polar surface area (TPSA) is 27.7 Å². The maximum Gasteiger partial charge on any atom is 0.169 e. The van der Waals surface area contributed by atoms with E-state index >= 15 is 0 Å². The number of methoxy groups -OCH3 is 1. The smallest absolute Gasteiger partial charge is 0.169 e. The molecule has 1 rings (SSSR count). The normalized spacial score (nSPS) is 23.5. The molecule has 100 valence electrons. The van der Waals surface area contributed by atoms with E-state index in [4.69, 9.17) is 17.0 Å². The number of rotatable bonds is 4. The Balaban J connectivity index is 2.38. The summed E-state index contributed by atoms with van der Waals surface area (Å²) in [6.45, 7) is 11.5. The molecule has 1 saturated heterocycles. The van der Waals surface area contributed by atoms with Crippen molar-refractivity contribution >= 4 is 17.3 Å². The quantitative estimate of drug-likeness (QED) is 0.758. The van der Waals surface area contributed by atoms with Crippen molar-refractivity contribution in [3.8, 4) is 0 Å². The van der Waals surface area contributed by atoms with Crippen molar-refractivity contribution in [2.45, 2.75) is 32.9 Å². The molecule has 2 unspecified atom stereocenters. The Bertz CT molecular complexity index is 250. The molecular weight excluding hydrogens is 234 g/mol. The first-order valence-corrected chi connectivity index (χ1v) is 6.77. The molecule has 17 heavy (non-hydrogen) atoms. The number of thiocarbonyl (C=S) groups is 1. The molecule has 1 N–H and O–H groups in total. The van der Waals surface area contributed by atoms with Crippen LogP contribution in [-0.2, 0) is 4.74 Å². The van der Waals surface area contributed by atoms with Gasteiger partial charge in [-0.05, 0) is 32.6 Å². The molecule has 0 aliphatic carbocycles. The van der Waals surface area contributed by atoms with E-state index < -0.39 is 0 Å². The third-order valence-electron chi connectivity index (χ3n) is 3.25. The van der Waals surface area contributed by atoms with Gasteiger partial charge in [0.05, 0.1) is 6.61 Å². The van der Waals surface area contributed by atoms with Gasteiger partial charge in [-0.15, -0.1) is 0 Å². The van der Waals surface area contributed by atoms with Crippen LogP contribution in [0.1, 0.15) is 20.8 Å². The molecule has 0 aromatic carbocycles. The minimum atomic E-state index is 0.270. The second kappa shape index (κ2) is 7.13. The first kappa shape index (κ1) is 14.7. The summed E-state index contributed by atoms with van der Waals surface area (Å²) in [6, 6.07) is 0.846. The summed E-state index contributed by atoms with van der Waals surface area (Å²) in [5, 5.41) is 4.18. The van der Waals surface area contributed by atoms with Crippen LogP contribution >= 0.6 is 12.2 Å². The summed E-state index contributed by atoms with van der Waals surface area (Å²) in [4.78, 5) is 4.75. The number of nitrogens with one attached hydrogen (secondary N) is 1. The zero-order valence-electron chi connectivity index (χ0n) is 11.4. The molecule has 1 fully saturated rings. The molecular formula is C12H25N3OS. The largest absolute Gasteiger partial charge is 0.383 e. The van der Waals surface area contributed by atoms with Gasteiger partial charge in [0.1, 0.15) is 0 Å². The number of nitrogens with zero attached hydrogens (tertiary/aromatic N) is 2. The predicted octanol–water partition coefficient (Wildman–Crippen LogP) is 0.922. The van der Waals surface area contributed by atoms with Gasteiger partial charge in [-0.3, -0.25) is 4.90 Å². The standard InChI is InChI=1S/C12H25N3OS/c1-5-14-6-7-15(8-11(14)3)12(17)13-10(2)9-16-4/h10-11H,5-9H2,1-4H3,(H,13,17). The Morgan fingerprint density at radius 3 is 2.76 bits per heavy atom. The molecule has 0 spiro atoms. The van der Waals surface area contributed by atoms with E-state index in [0.29, 0.717) is 12.6 Å². The van der Waals surface area contributed by atoms with Crippen LogP contribution in [0.3, 0.4) is 0 Å². The van der Waals surface area contributed by atoms with E-state index in [1.807, 2.05) is 0 Å². The van der Waals surface area contributed by atoms with Gasteiger partial charge < -0.3 is 15.0 Å². The van der Waals surface area contributed by atoms with Gasteiger partial charge in [0, 0.05) is 38.8 Å². The lowest BCUT2D eigenvalue weighted by Crippen LogP contribution is -2.56. The Morgan fingerprint density at radius 2 is 2.24 bits per heavy atom. The molecule has 1 aliphatic rings. The van der Waals surface area contributed by atoms with Crippen molar-refractivity contribution in [3.05, 3.63) is 0 Å². The summed E-state index contributed by atoms with van der Waals surface area (Å²) in [7, 11) is 1.71. The van der Waals surface area contributed by atoms with Gasteiger partial charge in [-0.2, -0.15) is 0 Å². The summed E-state index contributed by atoms with van der Waals surface area (Å²) in [6.07, 6.45) is 0. The fourth-order valence-electron chi connectivity index (χ4n) is 2.24. The summed E-state index contributed by atoms with van der Waals surface area (Å²) < 4.78 is 5.10. The molecule has 0 aromatic heterocycles. The van der Waals surface area contributed by atoms with E-state index in [2.05, 4.69) is 35.9 Å². The highest BCUT2D eigenvalue weighted by molar-refractivity contribution is 7.80. The van der Waals surface area contributed by atoms with E-state index in [1.165, 1.54) is 0 Å². The summed E-state index contributed by atoms with van der Waals surface area (Å²) in [5.41, 5.74) is 0. The monoisotopic (exact) mass is 259 g/mol. The van der Waals surface area contributed by atoms with Crippen molar-refractivity contribution in [2.75, 3.05) is 39.9 Å². The van der Waals surface area contributed by atoms with Gasteiger partial charge in [-0.25, -0.2) is 0 Å². The van der Waals surface area contributed by atoms with E-state index in [1.54, 1.807) is 7.11 Å². The van der Waals surface area contributed by atoms with Crippen molar-refractivity contribution in [3.63, 3.8) is 0 Å². The SMILES string of the molecule is CCN1CCN(C(=S)NC(C)COC)CC1C. The Kier molecular flexibility index (Phi) is 6.16. The number of likely N-dealkylation sites (N-methyl/N-ethyl adjacent to an activating group) is 1. The molecule has 5 heteroatoms.